The van der Waals surface area contributed by atoms with Gasteiger partial charge in [-0.25, -0.2) is 0 Å². The maximum Gasteiger partial charge on any atom is 0.221 e. The van der Waals surface area contributed by atoms with Crippen molar-refractivity contribution < 1.29 is 9.53 Å². The van der Waals surface area contributed by atoms with E-state index < -0.39 is 0 Å². The zero-order valence-corrected chi connectivity index (χ0v) is 32.8. The maximum absolute atomic E-state index is 12.4. The van der Waals surface area contributed by atoms with Gasteiger partial charge in [-0.2, -0.15) is 5.26 Å². The number of unbranched alkanes of at least 4 members (excludes halogenated alkanes) is 4. The fourth-order valence-electron chi connectivity index (χ4n) is 6.16. The number of azo groups is 2. The van der Waals surface area contributed by atoms with E-state index in [2.05, 4.69) is 83.5 Å². The number of thiophene rings is 1. The molecule has 0 aliphatic rings. The van der Waals surface area contributed by atoms with Gasteiger partial charge in [0.1, 0.15) is 22.5 Å². The first-order valence-electron chi connectivity index (χ1n) is 19.0. The highest BCUT2D eigenvalue weighted by Gasteiger charge is 2.23. The zero-order valence-electron chi connectivity index (χ0n) is 32.0. The highest BCUT2D eigenvalue weighted by molar-refractivity contribution is 7.19. The molecule has 10 heteroatoms. The van der Waals surface area contributed by atoms with E-state index in [0.29, 0.717) is 44.5 Å². The van der Waals surface area contributed by atoms with Crippen LogP contribution in [0, 0.1) is 23.2 Å². The lowest BCUT2D eigenvalue weighted by atomic mass is 9.95. The van der Waals surface area contributed by atoms with Crippen LogP contribution in [0.5, 0.6) is 5.75 Å². The zero-order chi connectivity index (χ0) is 37.0. The first kappa shape index (κ1) is 41.3. The molecule has 0 saturated carbocycles. The number of benzene rings is 2. The van der Waals surface area contributed by atoms with E-state index in [9.17, 15) is 10.1 Å². The molecule has 0 spiro atoms. The number of nitriles is 1. The van der Waals surface area contributed by atoms with Crippen molar-refractivity contribution in [3.63, 3.8) is 0 Å². The Bertz CT molecular complexity index is 1570. The lowest BCUT2D eigenvalue weighted by molar-refractivity contribution is -0.114. The molecule has 0 saturated heterocycles. The van der Waals surface area contributed by atoms with Gasteiger partial charge in [0.25, 0.3) is 0 Å². The van der Waals surface area contributed by atoms with Gasteiger partial charge in [-0.1, -0.05) is 109 Å². The fourth-order valence-corrected chi connectivity index (χ4v) is 6.91. The van der Waals surface area contributed by atoms with Gasteiger partial charge in [0.2, 0.25) is 5.91 Å². The number of amides is 1. The Hall–Kier alpha value is -4.10. The lowest BCUT2D eigenvalue weighted by Crippen LogP contribution is -2.34. The van der Waals surface area contributed by atoms with Gasteiger partial charge in [-0.15, -0.1) is 20.5 Å². The molecule has 0 aliphatic carbocycles. The lowest BCUT2D eigenvalue weighted by Gasteiger charge is -2.34. The van der Waals surface area contributed by atoms with Crippen molar-refractivity contribution in [2.24, 2.45) is 32.3 Å². The Kier molecular flexibility index (Phi) is 18.4. The Morgan fingerprint density at radius 2 is 1.51 bits per heavy atom. The van der Waals surface area contributed by atoms with E-state index >= 15 is 0 Å². The molecule has 51 heavy (non-hydrogen) atoms. The summed E-state index contributed by atoms with van der Waals surface area (Å²) in [6, 6.07) is 15.8. The number of methoxy groups -OCH3 is 1. The van der Waals surface area contributed by atoms with Crippen molar-refractivity contribution in [1.82, 2.24) is 0 Å². The molecule has 0 bridgehead atoms. The van der Waals surface area contributed by atoms with E-state index in [1.165, 1.54) is 81.6 Å². The number of carbonyl (C=O) groups excluding carboxylic acids is 1. The van der Waals surface area contributed by atoms with Crippen LogP contribution in [0.4, 0.5) is 32.8 Å². The van der Waals surface area contributed by atoms with E-state index in [4.69, 9.17) is 4.74 Å². The number of nitrogens with zero attached hydrogens (tertiary/aromatic N) is 6. The molecule has 9 nitrogen and oxygen atoms in total. The predicted molar refractivity (Wildman–Crippen MR) is 213 cm³/mol. The number of ether oxygens (including phenoxy) is 1. The van der Waals surface area contributed by atoms with Gasteiger partial charge in [-0.05, 0) is 67.3 Å². The van der Waals surface area contributed by atoms with Gasteiger partial charge in [-0.3, -0.25) is 4.79 Å². The summed E-state index contributed by atoms with van der Waals surface area (Å²) in [5, 5.41) is 31.6. The molecule has 2 unspecified atom stereocenters. The van der Waals surface area contributed by atoms with Gasteiger partial charge >= 0.3 is 0 Å². The normalized spacial score (nSPS) is 12.7. The molecule has 0 aliphatic heterocycles. The maximum atomic E-state index is 12.4. The minimum atomic E-state index is -0.205. The van der Waals surface area contributed by atoms with Crippen molar-refractivity contribution in [2.75, 3.05) is 30.4 Å². The molecule has 2 aromatic carbocycles. The number of anilines is 2. The van der Waals surface area contributed by atoms with Crippen LogP contribution < -0.4 is 15.0 Å². The first-order chi connectivity index (χ1) is 24.8. The number of hydrogen-bond donors (Lipinski definition) is 1. The second-order valence-electron chi connectivity index (χ2n) is 13.4. The molecule has 0 fully saturated rings. The average molecular weight is 714 g/mol. The number of aryl methyl sites for hydroxylation is 1. The third kappa shape index (κ3) is 13.5. The summed E-state index contributed by atoms with van der Waals surface area (Å²) in [4.78, 5) is 14.9. The minimum absolute atomic E-state index is 0.205. The van der Waals surface area contributed by atoms with Crippen molar-refractivity contribution in [3.8, 4) is 11.8 Å². The third-order valence-electron chi connectivity index (χ3n) is 9.33. The SMILES string of the molecule is CCCCCc1ccc(N=Nc2cc(C#N)c(N=Nc3cc(OC)c(N(CC(CC)CCCC)CC(CC)CCCC)cc3NC(C)=O)s2)cc1. The van der Waals surface area contributed by atoms with E-state index in [-0.39, 0.29) is 5.91 Å². The van der Waals surface area contributed by atoms with Crippen molar-refractivity contribution in [1.29, 1.82) is 5.26 Å². The number of carbonyl (C=O) groups is 1. The van der Waals surface area contributed by atoms with Crippen molar-refractivity contribution in [2.45, 2.75) is 119 Å². The first-order valence-corrected chi connectivity index (χ1v) is 19.8. The summed E-state index contributed by atoms with van der Waals surface area (Å²) < 4.78 is 5.99. The molecule has 1 amide bonds. The van der Waals surface area contributed by atoms with Gasteiger partial charge in [0.15, 0.2) is 5.00 Å². The minimum Gasteiger partial charge on any atom is -0.494 e. The van der Waals surface area contributed by atoms with Gasteiger partial charge < -0.3 is 15.0 Å². The number of rotatable bonds is 23. The summed E-state index contributed by atoms with van der Waals surface area (Å²) in [7, 11) is 1.67. The molecule has 2 atom stereocenters. The fraction of sp³-hybridized carbons (Fsp3) is 0.561. The van der Waals surface area contributed by atoms with E-state index in [1.807, 2.05) is 24.3 Å². The number of hydrogen-bond acceptors (Lipinski definition) is 9. The Morgan fingerprint density at radius 3 is 2.06 bits per heavy atom. The molecular formula is C41H59N7O2S. The second kappa shape index (κ2) is 22.7. The summed E-state index contributed by atoms with van der Waals surface area (Å²) >= 11 is 1.24. The molecule has 276 valence electrons. The molecule has 1 aromatic heterocycles. The Morgan fingerprint density at radius 1 is 0.863 bits per heavy atom. The van der Waals surface area contributed by atoms with Gasteiger partial charge in [0.05, 0.1) is 29.7 Å². The van der Waals surface area contributed by atoms with Crippen LogP contribution in [0.15, 0.2) is 62.9 Å². The van der Waals surface area contributed by atoms with Crippen LogP contribution in [0.25, 0.3) is 0 Å². The van der Waals surface area contributed by atoms with Crippen LogP contribution in [0.3, 0.4) is 0 Å². The molecule has 3 rings (SSSR count). The van der Waals surface area contributed by atoms with Crippen LogP contribution in [-0.4, -0.2) is 26.1 Å². The molecule has 0 radical (unpaired) electrons. The topological polar surface area (TPSA) is 115 Å². The molecular weight excluding hydrogens is 655 g/mol. The van der Waals surface area contributed by atoms with Crippen LogP contribution >= 0.6 is 11.3 Å². The highest BCUT2D eigenvalue weighted by Crippen LogP contribution is 2.43. The quantitative estimate of drug-likeness (QED) is 0.0778. The smallest absolute Gasteiger partial charge is 0.221 e. The molecule has 3 aromatic rings. The Labute approximate surface area is 310 Å². The Balaban J connectivity index is 1.95. The van der Waals surface area contributed by atoms with Crippen molar-refractivity contribution >= 4 is 50.0 Å². The summed E-state index contributed by atoms with van der Waals surface area (Å²) in [5.41, 5.74) is 4.32. The predicted octanol–water partition coefficient (Wildman–Crippen LogP) is 13.4. The average Bonchev–Trinajstić information content (AvgIpc) is 3.55. The molecule has 1 N–H and O–H groups in total. The standard InChI is InChI=1S/C41H59N7O2S/c1-8-13-16-19-33-20-22-35(23-21-33)44-46-40-24-34(27-42)41(51-40)47-45-37-26-39(50-7)38(25-36(37)43-30(6)49)48(28-31(11-4)17-14-9-2)29-32(12-5)18-15-10-3/h20-26,31-32H,8-19,28-29H2,1-7H3,(H,43,49). The molecule has 1 heterocycles. The van der Waals surface area contributed by atoms with Crippen molar-refractivity contribution in [3.05, 3.63) is 53.6 Å². The second-order valence-corrected chi connectivity index (χ2v) is 14.4. The monoisotopic (exact) mass is 713 g/mol. The summed E-state index contributed by atoms with van der Waals surface area (Å²) in [6.07, 6.45) is 14.0. The van der Waals surface area contributed by atoms with Crippen LogP contribution in [0.2, 0.25) is 0 Å². The largest absolute Gasteiger partial charge is 0.494 e. The number of nitrogens with one attached hydrogen (secondary N) is 1. The van der Waals surface area contributed by atoms with E-state index in [1.54, 1.807) is 13.2 Å². The summed E-state index contributed by atoms with van der Waals surface area (Å²) in [6.45, 7) is 14.6. The highest BCUT2D eigenvalue weighted by atomic mass is 32.1. The van der Waals surface area contributed by atoms with Gasteiger partial charge in [0, 0.05) is 26.1 Å². The third-order valence-corrected chi connectivity index (χ3v) is 10.2. The van der Waals surface area contributed by atoms with Crippen LogP contribution in [-0.2, 0) is 11.2 Å². The van der Waals surface area contributed by atoms with E-state index in [0.717, 1.165) is 43.7 Å². The van der Waals surface area contributed by atoms with Crippen LogP contribution in [0.1, 0.15) is 123 Å². The summed E-state index contributed by atoms with van der Waals surface area (Å²) in [5.74, 6) is 1.56.